The van der Waals surface area contributed by atoms with E-state index in [-0.39, 0.29) is 18.6 Å². The van der Waals surface area contributed by atoms with Crippen LogP contribution in [0, 0.1) is 0 Å². The highest BCUT2D eigenvalue weighted by Gasteiger charge is 2.10. The number of carbonyl (C=O) groups is 1. The second-order valence-corrected chi connectivity index (χ2v) is 3.18. The minimum Gasteiger partial charge on any atom is -0.396 e. The summed E-state index contributed by atoms with van der Waals surface area (Å²) in [6.07, 6.45) is 0.545. The Balaban J connectivity index is 2.72. The van der Waals surface area contributed by atoms with Crippen molar-refractivity contribution in [3.05, 3.63) is 35.9 Å². The Morgan fingerprint density at radius 2 is 2.07 bits per heavy atom. The Labute approximate surface area is 83.8 Å². The average molecular weight is 193 g/mol. The smallest absolute Gasteiger partial charge is 0.217 e. The van der Waals surface area contributed by atoms with E-state index in [4.69, 9.17) is 5.11 Å². The number of carbonyl (C=O) groups excluding carboxylic acids is 1. The molecule has 2 N–H and O–H groups in total. The van der Waals surface area contributed by atoms with Crippen molar-refractivity contribution in [3.8, 4) is 0 Å². The van der Waals surface area contributed by atoms with E-state index in [1.807, 2.05) is 30.3 Å². The number of aliphatic hydroxyl groups excluding tert-OH is 1. The number of benzene rings is 1. The molecule has 0 aliphatic heterocycles. The highest BCUT2D eigenvalue weighted by molar-refractivity contribution is 5.73. The number of nitrogens with one attached hydrogen (secondary N) is 1. The lowest BCUT2D eigenvalue weighted by molar-refractivity contribution is -0.119. The van der Waals surface area contributed by atoms with E-state index in [1.54, 1.807) is 0 Å². The van der Waals surface area contributed by atoms with Gasteiger partial charge in [0.2, 0.25) is 5.91 Å². The Kier molecular flexibility index (Phi) is 4.13. The van der Waals surface area contributed by atoms with Gasteiger partial charge in [-0.25, -0.2) is 0 Å². The van der Waals surface area contributed by atoms with Crippen LogP contribution in [0.4, 0.5) is 0 Å². The van der Waals surface area contributed by atoms with Crippen LogP contribution in [-0.4, -0.2) is 17.6 Å². The minimum atomic E-state index is -0.0845. The van der Waals surface area contributed by atoms with Crippen LogP contribution in [0.25, 0.3) is 0 Å². The van der Waals surface area contributed by atoms with Crippen molar-refractivity contribution in [2.75, 3.05) is 6.61 Å². The van der Waals surface area contributed by atoms with Crippen LogP contribution in [0.15, 0.2) is 30.3 Å². The number of hydrogen-bond donors (Lipinski definition) is 2. The molecule has 1 rings (SSSR count). The van der Waals surface area contributed by atoms with Gasteiger partial charge < -0.3 is 10.4 Å². The van der Waals surface area contributed by atoms with E-state index < -0.39 is 0 Å². The number of rotatable bonds is 4. The van der Waals surface area contributed by atoms with E-state index >= 15 is 0 Å². The third kappa shape index (κ3) is 3.18. The standard InChI is InChI=1S/C11H15NO2/c1-9(14)12-11(7-8-13)10-5-3-2-4-6-10/h2-6,11,13H,7-8H2,1H3,(H,12,14)/t11-/m1/s1. The molecule has 1 atom stereocenters. The summed E-state index contributed by atoms with van der Waals surface area (Å²) < 4.78 is 0. The highest BCUT2D eigenvalue weighted by atomic mass is 16.3. The van der Waals surface area contributed by atoms with Gasteiger partial charge in [0.25, 0.3) is 0 Å². The molecule has 76 valence electrons. The van der Waals surface area contributed by atoms with E-state index in [1.165, 1.54) is 6.92 Å². The number of aliphatic hydroxyl groups is 1. The molecule has 0 unspecified atom stereocenters. The SMILES string of the molecule is CC(=O)N[C@H](CCO)c1ccccc1. The maximum Gasteiger partial charge on any atom is 0.217 e. The lowest BCUT2D eigenvalue weighted by atomic mass is 10.0. The van der Waals surface area contributed by atoms with Crippen LogP contribution >= 0.6 is 0 Å². The van der Waals surface area contributed by atoms with E-state index in [0.717, 1.165) is 5.56 Å². The summed E-state index contributed by atoms with van der Waals surface area (Å²) in [7, 11) is 0. The summed E-state index contributed by atoms with van der Waals surface area (Å²) in [5.74, 6) is -0.0766. The summed E-state index contributed by atoms with van der Waals surface area (Å²) in [6, 6.07) is 9.56. The molecular weight excluding hydrogens is 178 g/mol. The molecule has 0 spiro atoms. The third-order valence-electron chi connectivity index (χ3n) is 2.00. The van der Waals surface area contributed by atoms with Crippen molar-refractivity contribution >= 4 is 5.91 Å². The minimum absolute atomic E-state index is 0.0693. The maximum absolute atomic E-state index is 10.9. The Bertz CT molecular complexity index is 285. The van der Waals surface area contributed by atoms with Gasteiger partial charge in [0.15, 0.2) is 0 Å². The van der Waals surface area contributed by atoms with Gasteiger partial charge in [-0.05, 0) is 12.0 Å². The molecule has 0 radical (unpaired) electrons. The predicted octanol–water partition coefficient (Wildman–Crippen LogP) is 1.25. The second kappa shape index (κ2) is 5.40. The van der Waals surface area contributed by atoms with E-state index in [0.29, 0.717) is 6.42 Å². The van der Waals surface area contributed by atoms with E-state index in [9.17, 15) is 4.79 Å². The van der Waals surface area contributed by atoms with E-state index in [2.05, 4.69) is 5.32 Å². The predicted molar refractivity (Wildman–Crippen MR) is 54.7 cm³/mol. The fourth-order valence-corrected chi connectivity index (χ4v) is 1.38. The van der Waals surface area contributed by atoms with Crippen LogP contribution < -0.4 is 5.32 Å². The van der Waals surface area contributed by atoms with Gasteiger partial charge in [0, 0.05) is 13.5 Å². The van der Waals surface area contributed by atoms with Gasteiger partial charge in [-0.2, -0.15) is 0 Å². The van der Waals surface area contributed by atoms with Crippen LogP contribution in [-0.2, 0) is 4.79 Å². The number of hydrogen-bond acceptors (Lipinski definition) is 2. The van der Waals surface area contributed by atoms with Crippen molar-refractivity contribution < 1.29 is 9.90 Å². The van der Waals surface area contributed by atoms with Crippen LogP contribution in [0.2, 0.25) is 0 Å². The van der Waals surface area contributed by atoms with Gasteiger partial charge >= 0.3 is 0 Å². The lowest BCUT2D eigenvalue weighted by Crippen LogP contribution is -2.26. The van der Waals surface area contributed by atoms with Crippen molar-refractivity contribution in [1.82, 2.24) is 5.32 Å². The summed E-state index contributed by atoms with van der Waals surface area (Å²) in [6.45, 7) is 1.55. The van der Waals surface area contributed by atoms with Crippen molar-refractivity contribution in [2.24, 2.45) is 0 Å². The first kappa shape index (κ1) is 10.7. The molecule has 0 heterocycles. The molecule has 0 aliphatic rings. The zero-order chi connectivity index (χ0) is 10.4. The first-order chi connectivity index (χ1) is 6.74. The molecule has 0 aliphatic carbocycles. The second-order valence-electron chi connectivity index (χ2n) is 3.18. The summed E-state index contributed by atoms with van der Waals surface area (Å²) in [5.41, 5.74) is 1.02. The zero-order valence-corrected chi connectivity index (χ0v) is 8.23. The molecule has 1 aromatic carbocycles. The molecular formula is C11H15NO2. The average Bonchev–Trinajstić information content (AvgIpc) is 2.18. The molecule has 0 saturated heterocycles. The van der Waals surface area contributed by atoms with Gasteiger partial charge in [0.1, 0.15) is 0 Å². The molecule has 1 aromatic rings. The van der Waals surface area contributed by atoms with Crippen LogP contribution in [0.3, 0.4) is 0 Å². The normalized spacial score (nSPS) is 12.1. The molecule has 1 amide bonds. The fourth-order valence-electron chi connectivity index (χ4n) is 1.38. The number of amides is 1. The Morgan fingerprint density at radius 1 is 1.43 bits per heavy atom. The van der Waals surface area contributed by atoms with Gasteiger partial charge in [-0.1, -0.05) is 30.3 Å². The van der Waals surface area contributed by atoms with Crippen LogP contribution in [0.5, 0.6) is 0 Å². The topological polar surface area (TPSA) is 49.3 Å². The largest absolute Gasteiger partial charge is 0.396 e. The van der Waals surface area contributed by atoms with Crippen molar-refractivity contribution in [3.63, 3.8) is 0 Å². The highest BCUT2D eigenvalue weighted by Crippen LogP contribution is 2.15. The van der Waals surface area contributed by atoms with Gasteiger partial charge in [-0.15, -0.1) is 0 Å². The van der Waals surface area contributed by atoms with Gasteiger partial charge in [-0.3, -0.25) is 4.79 Å². The molecule has 0 bridgehead atoms. The molecule has 3 heteroatoms. The molecule has 0 aromatic heterocycles. The first-order valence-corrected chi connectivity index (χ1v) is 4.67. The molecule has 14 heavy (non-hydrogen) atoms. The Morgan fingerprint density at radius 3 is 2.57 bits per heavy atom. The van der Waals surface area contributed by atoms with Crippen molar-refractivity contribution in [2.45, 2.75) is 19.4 Å². The fraction of sp³-hybridized carbons (Fsp3) is 0.364. The monoisotopic (exact) mass is 193 g/mol. The van der Waals surface area contributed by atoms with Crippen LogP contribution in [0.1, 0.15) is 24.9 Å². The molecule has 0 fully saturated rings. The zero-order valence-electron chi connectivity index (χ0n) is 8.23. The summed E-state index contributed by atoms with van der Waals surface area (Å²) in [5, 5.41) is 11.7. The summed E-state index contributed by atoms with van der Waals surface area (Å²) >= 11 is 0. The maximum atomic E-state index is 10.9. The Hall–Kier alpha value is -1.35. The van der Waals surface area contributed by atoms with Gasteiger partial charge in [0.05, 0.1) is 6.04 Å². The quantitative estimate of drug-likeness (QED) is 0.756. The lowest BCUT2D eigenvalue weighted by Gasteiger charge is -2.16. The first-order valence-electron chi connectivity index (χ1n) is 4.67. The third-order valence-corrected chi connectivity index (χ3v) is 2.00. The van der Waals surface area contributed by atoms with Crippen molar-refractivity contribution in [1.29, 1.82) is 0 Å². The molecule has 0 saturated carbocycles. The summed E-state index contributed by atoms with van der Waals surface area (Å²) in [4.78, 5) is 10.9. The molecule has 3 nitrogen and oxygen atoms in total.